The molecule has 3 rings (SSSR count). The van der Waals surface area contributed by atoms with Gasteiger partial charge in [0.2, 0.25) is 0 Å². The molecule has 0 atom stereocenters. The van der Waals surface area contributed by atoms with Crippen molar-refractivity contribution < 1.29 is 23.0 Å². The zero-order valence-corrected chi connectivity index (χ0v) is 20.4. The first-order valence-corrected chi connectivity index (χ1v) is 12.4. The predicted molar refractivity (Wildman–Crippen MR) is 136 cm³/mol. The van der Waals surface area contributed by atoms with Crippen LogP contribution in [0.25, 0.3) is 6.08 Å². The molecule has 35 heavy (non-hydrogen) atoms. The smallest absolute Gasteiger partial charge is 0.400 e. The van der Waals surface area contributed by atoms with E-state index in [0.29, 0.717) is 41.3 Å². The molecule has 1 aliphatic rings. The minimum atomic E-state index is -3.19. The molecule has 2 aromatic carbocycles. The molecule has 0 saturated heterocycles. The second kappa shape index (κ2) is 12.6. The molecule has 1 saturated carbocycles. The van der Waals surface area contributed by atoms with E-state index in [9.17, 15) is 13.6 Å². The number of carbonyl (C=O) groups excluding carboxylic acids is 1. The van der Waals surface area contributed by atoms with Gasteiger partial charge in [-0.3, -0.25) is 0 Å². The van der Waals surface area contributed by atoms with Crippen LogP contribution >= 0.6 is 0 Å². The van der Waals surface area contributed by atoms with Gasteiger partial charge >= 0.3 is 12.1 Å². The van der Waals surface area contributed by atoms with Crippen molar-refractivity contribution in [1.82, 2.24) is 0 Å². The van der Waals surface area contributed by atoms with Crippen LogP contribution in [0.2, 0.25) is 0 Å². The summed E-state index contributed by atoms with van der Waals surface area (Å²) < 4.78 is 39.8. The van der Waals surface area contributed by atoms with Gasteiger partial charge < -0.3 is 20.9 Å². The number of halogens is 2. The molecule has 0 aromatic heterocycles. The second-order valence-electron chi connectivity index (χ2n) is 9.35. The van der Waals surface area contributed by atoms with E-state index in [1.165, 1.54) is 37.5 Å². The number of esters is 1. The highest BCUT2D eigenvalue weighted by molar-refractivity contribution is 5.87. The number of nitrogen functional groups attached to an aromatic ring is 2. The Morgan fingerprint density at radius 1 is 1.06 bits per heavy atom. The van der Waals surface area contributed by atoms with E-state index >= 15 is 0 Å². The number of nitrogens with two attached hydrogens (primary N) is 2. The SMILES string of the molecule is CCCCCC1CCC(C(F)(F)Oc2ccc(/C=C/C(=O)OCc3ccc(N)cc3N)cc2)CC1. The second-order valence-corrected chi connectivity index (χ2v) is 9.35. The maximum absolute atomic E-state index is 14.7. The Morgan fingerprint density at radius 3 is 2.43 bits per heavy atom. The number of carbonyl (C=O) groups is 1. The molecule has 0 aliphatic heterocycles. The summed E-state index contributed by atoms with van der Waals surface area (Å²) in [5.74, 6) is -0.624. The summed E-state index contributed by atoms with van der Waals surface area (Å²) in [5, 5.41) is 0. The van der Waals surface area contributed by atoms with E-state index in [0.717, 1.165) is 19.3 Å². The van der Waals surface area contributed by atoms with Crippen molar-refractivity contribution in [3.63, 3.8) is 0 Å². The molecule has 190 valence electrons. The first-order chi connectivity index (χ1) is 16.8. The summed E-state index contributed by atoms with van der Waals surface area (Å²) in [7, 11) is 0. The Morgan fingerprint density at radius 2 is 1.77 bits per heavy atom. The normalized spacial score (nSPS) is 18.5. The van der Waals surface area contributed by atoms with Gasteiger partial charge in [-0.15, -0.1) is 0 Å². The van der Waals surface area contributed by atoms with Crippen molar-refractivity contribution >= 4 is 23.4 Å². The summed E-state index contributed by atoms with van der Waals surface area (Å²) in [6, 6.07) is 11.2. The van der Waals surface area contributed by atoms with Crippen molar-refractivity contribution in [1.29, 1.82) is 0 Å². The number of anilines is 2. The van der Waals surface area contributed by atoms with Gasteiger partial charge in [-0.1, -0.05) is 50.8 Å². The number of rotatable bonds is 11. The molecule has 0 amide bonds. The van der Waals surface area contributed by atoms with Crippen LogP contribution in [0.3, 0.4) is 0 Å². The van der Waals surface area contributed by atoms with Gasteiger partial charge in [0.1, 0.15) is 12.4 Å². The number of ether oxygens (including phenoxy) is 2. The summed E-state index contributed by atoms with van der Waals surface area (Å²) >= 11 is 0. The lowest BCUT2D eigenvalue weighted by atomic mass is 9.79. The summed E-state index contributed by atoms with van der Waals surface area (Å²) in [5.41, 5.74) is 13.8. The van der Waals surface area contributed by atoms with E-state index in [1.807, 2.05) is 0 Å². The van der Waals surface area contributed by atoms with E-state index in [1.54, 1.807) is 36.4 Å². The predicted octanol–water partition coefficient (Wildman–Crippen LogP) is 6.97. The molecule has 1 fully saturated rings. The van der Waals surface area contributed by atoms with Gasteiger partial charge in [0.25, 0.3) is 0 Å². The Bertz CT molecular complexity index is 984. The monoisotopic (exact) mass is 486 g/mol. The molecule has 0 bridgehead atoms. The van der Waals surface area contributed by atoms with Crippen LogP contribution in [0.1, 0.15) is 69.4 Å². The quantitative estimate of drug-likeness (QED) is 0.155. The highest BCUT2D eigenvalue weighted by atomic mass is 19.3. The van der Waals surface area contributed by atoms with Gasteiger partial charge in [-0.2, -0.15) is 8.78 Å². The maximum Gasteiger partial charge on any atom is 0.400 e. The lowest BCUT2D eigenvalue weighted by Crippen LogP contribution is -2.37. The van der Waals surface area contributed by atoms with Crippen molar-refractivity contribution in [2.24, 2.45) is 11.8 Å². The fourth-order valence-corrected chi connectivity index (χ4v) is 4.46. The van der Waals surface area contributed by atoms with Crippen LogP contribution in [0.4, 0.5) is 20.2 Å². The summed E-state index contributed by atoms with van der Waals surface area (Å²) in [6.07, 6.45) is 7.04. The molecule has 2 aromatic rings. The standard InChI is InChI=1S/C28H36F2N2O3/c1-2-3-4-5-20-6-12-23(13-7-20)28(29,30)35-25-15-8-21(9-16-25)10-17-27(33)34-19-22-11-14-24(31)18-26(22)32/h8-11,14-18,20,23H,2-7,12-13,19,31-32H2,1H3/b17-10+. The molecule has 4 N–H and O–H groups in total. The fourth-order valence-electron chi connectivity index (χ4n) is 4.46. The third kappa shape index (κ3) is 8.26. The zero-order chi connectivity index (χ0) is 25.3. The van der Waals surface area contributed by atoms with Crippen molar-refractivity contribution in [2.75, 3.05) is 11.5 Å². The molecule has 5 nitrogen and oxygen atoms in total. The van der Waals surface area contributed by atoms with Gasteiger partial charge in [0.15, 0.2) is 0 Å². The Labute approximate surface area is 206 Å². The van der Waals surface area contributed by atoms with Gasteiger partial charge in [-0.25, -0.2) is 4.79 Å². The van der Waals surface area contributed by atoms with Crippen molar-refractivity contribution in [2.45, 2.75) is 71.0 Å². The highest BCUT2D eigenvalue weighted by Crippen LogP contribution is 2.41. The van der Waals surface area contributed by atoms with Crippen molar-refractivity contribution in [3.8, 4) is 5.75 Å². The average Bonchev–Trinajstić information content (AvgIpc) is 2.83. The number of hydrogen-bond acceptors (Lipinski definition) is 5. The zero-order valence-electron chi connectivity index (χ0n) is 20.4. The van der Waals surface area contributed by atoms with Crippen LogP contribution in [0.5, 0.6) is 5.75 Å². The Kier molecular flexibility index (Phi) is 9.52. The maximum atomic E-state index is 14.7. The highest BCUT2D eigenvalue weighted by Gasteiger charge is 2.43. The number of hydrogen-bond donors (Lipinski definition) is 2. The topological polar surface area (TPSA) is 87.6 Å². The third-order valence-corrected chi connectivity index (χ3v) is 6.62. The van der Waals surface area contributed by atoms with E-state index < -0.39 is 18.0 Å². The van der Waals surface area contributed by atoms with Gasteiger partial charge in [0, 0.05) is 23.0 Å². The van der Waals surface area contributed by atoms with E-state index in [2.05, 4.69) is 6.92 Å². The van der Waals surface area contributed by atoms with Gasteiger partial charge in [0.05, 0.1) is 5.92 Å². The van der Waals surface area contributed by atoms with Crippen LogP contribution in [0, 0.1) is 11.8 Å². The minimum Gasteiger partial charge on any atom is -0.458 e. The first-order valence-electron chi connectivity index (χ1n) is 12.4. The van der Waals surface area contributed by atoms with Crippen LogP contribution in [-0.2, 0) is 16.1 Å². The summed E-state index contributed by atoms with van der Waals surface area (Å²) in [4.78, 5) is 12.0. The van der Waals surface area contributed by atoms with Crippen LogP contribution < -0.4 is 16.2 Å². The Hall–Kier alpha value is -3.09. The number of alkyl halides is 2. The van der Waals surface area contributed by atoms with E-state index in [-0.39, 0.29) is 12.4 Å². The number of unbranched alkanes of at least 4 members (excludes halogenated alkanes) is 2. The van der Waals surface area contributed by atoms with E-state index in [4.69, 9.17) is 20.9 Å². The third-order valence-electron chi connectivity index (χ3n) is 6.62. The van der Waals surface area contributed by atoms with Crippen LogP contribution in [-0.4, -0.2) is 12.1 Å². The van der Waals surface area contributed by atoms with Crippen molar-refractivity contribution in [3.05, 3.63) is 59.7 Å². The average molecular weight is 487 g/mol. The molecular weight excluding hydrogens is 450 g/mol. The Balaban J connectivity index is 1.45. The molecule has 0 heterocycles. The molecule has 1 aliphatic carbocycles. The lowest BCUT2D eigenvalue weighted by molar-refractivity contribution is -0.223. The fraction of sp³-hybridized carbons (Fsp3) is 0.464. The lowest BCUT2D eigenvalue weighted by Gasteiger charge is -2.33. The van der Waals surface area contributed by atoms with Crippen LogP contribution in [0.15, 0.2) is 48.5 Å². The largest absolute Gasteiger partial charge is 0.458 e. The van der Waals surface area contributed by atoms with Gasteiger partial charge in [-0.05, 0) is 67.5 Å². The minimum absolute atomic E-state index is 0.0256. The molecule has 7 heteroatoms. The molecule has 0 spiro atoms. The summed E-state index contributed by atoms with van der Waals surface area (Å²) in [6.45, 7) is 2.20. The number of benzene rings is 2. The molecular formula is C28H36F2N2O3. The molecule has 0 unspecified atom stereocenters. The molecule has 0 radical (unpaired) electrons. The first kappa shape index (κ1) is 26.5.